The number of hydrogen-bond acceptors (Lipinski definition) is 3. The Morgan fingerprint density at radius 2 is 2.15 bits per heavy atom. The lowest BCUT2D eigenvalue weighted by molar-refractivity contribution is 0.173. The third kappa shape index (κ3) is 4.56. The normalized spacial score (nSPS) is 12.2. The second-order valence-corrected chi connectivity index (χ2v) is 5.10. The van der Waals surface area contributed by atoms with E-state index in [1.165, 1.54) is 0 Å². The van der Waals surface area contributed by atoms with E-state index in [2.05, 4.69) is 12.2 Å². The van der Waals surface area contributed by atoms with E-state index in [9.17, 15) is 4.79 Å². The first kappa shape index (κ1) is 16.6. The van der Waals surface area contributed by atoms with Crippen molar-refractivity contribution in [1.82, 2.24) is 10.2 Å². The van der Waals surface area contributed by atoms with Gasteiger partial charge in [-0.2, -0.15) is 0 Å². The van der Waals surface area contributed by atoms with Crippen molar-refractivity contribution < 1.29 is 14.3 Å². The minimum Gasteiger partial charge on any atom is -0.466 e. The van der Waals surface area contributed by atoms with Crippen LogP contribution in [0.2, 0.25) is 0 Å². The molecule has 0 radical (unpaired) electrons. The van der Waals surface area contributed by atoms with Crippen LogP contribution in [0.3, 0.4) is 0 Å². The second kappa shape index (κ2) is 7.94. The van der Waals surface area contributed by atoms with Gasteiger partial charge < -0.3 is 19.7 Å². The summed E-state index contributed by atoms with van der Waals surface area (Å²) in [6.07, 6.45) is 1.95. The lowest BCUT2D eigenvalue weighted by Crippen LogP contribution is -2.43. The second-order valence-electron chi connectivity index (χ2n) is 5.10. The van der Waals surface area contributed by atoms with Crippen molar-refractivity contribution in [2.45, 2.75) is 46.6 Å². The van der Waals surface area contributed by atoms with Gasteiger partial charge in [0.05, 0.1) is 12.6 Å². The zero-order chi connectivity index (χ0) is 15.1. The van der Waals surface area contributed by atoms with Gasteiger partial charge in [0.25, 0.3) is 0 Å². The third-order valence-corrected chi connectivity index (χ3v) is 3.32. The highest BCUT2D eigenvalue weighted by molar-refractivity contribution is 5.74. The molecular weight excluding hydrogens is 256 g/mol. The van der Waals surface area contributed by atoms with Gasteiger partial charge in [-0.3, -0.25) is 0 Å². The Balaban J connectivity index is 2.64. The number of furan rings is 1. The summed E-state index contributed by atoms with van der Waals surface area (Å²) in [5.41, 5.74) is 0.996. The van der Waals surface area contributed by atoms with Crippen LogP contribution in [-0.4, -0.2) is 35.7 Å². The van der Waals surface area contributed by atoms with Crippen LogP contribution in [0.5, 0.6) is 0 Å². The van der Waals surface area contributed by atoms with Crippen molar-refractivity contribution in [3.8, 4) is 0 Å². The fourth-order valence-corrected chi connectivity index (χ4v) is 2.22. The number of nitrogens with zero attached hydrogens (tertiary/aromatic N) is 1. The molecule has 2 N–H and O–H groups in total. The smallest absolute Gasteiger partial charge is 0.317 e. The van der Waals surface area contributed by atoms with E-state index in [1.807, 2.05) is 26.8 Å². The summed E-state index contributed by atoms with van der Waals surface area (Å²) >= 11 is 0. The highest BCUT2D eigenvalue weighted by Gasteiger charge is 2.18. The first-order chi connectivity index (χ1) is 9.49. The number of aliphatic hydroxyl groups is 1. The van der Waals surface area contributed by atoms with Gasteiger partial charge in [-0.1, -0.05) is 13.3 Å². The van der Waals surface area contributed by atoms with E-state index < -0.39 is 0 Å². The predicted octanol–water partition coefficient (Wildman–Crippen LogP) is 2.76. The largest absolute Gasteiger partial charge is 0.466 e. The van der Waals surface area contributed by atoms with Crippen LogP contribution >= 0.6 is 0 Å². The highest BCUT2D eigenvalue weighted by Crippen LogP contribution is 2.21. The molecule has 0 fully saturated rings. The topological polar surface area (TPSA) is 65.7 Å². The molecule has 2 amide bonds. The molecule has 0 aromatic carbocycles. The van der Waals surface area contributed by atoms with Crippen LogP contribution in [0.1, 0.15) is 49.8 Å². The van der Waals surface area contributed by atoms with Crippen LogP contribution in [0.4, 0.5) is 4.79 Å². The van der Waals surface area contributed by atoms with Gasteiger partial charge in [0, 0.05) is 18.7 Å². The molecule has 114 valence electrons. The molecular formula is C15H26N2O3. The van der Waals surface area contributed by atoms with E-state index >= 15 is 0 Å². The van der Waals surface area contributed by atoms with Gasteiger partial charge in [-0.15, -0.1) is 0 Å². The number of nitrogens with one attached hydrogen (secondary N) is 1. The Morgan fingerprint density at radius 3 is 2.65 bits per heavy atom. The maximum Gasteiger partial charge on any atom is 0.317 e. The number of rotatable bonds is 7. The molecule has 1 heterocycles. The summed E-state index contributed by atoms with van der Waals surface area (Å²) < 4.78 is 5.49. The molecule has 0 aliphatic rings. The summed E-state index contributed by atoms with van der Waals surface area (Å²) in [6, 6.07) is 1.70. The Hall–Kier alpha value is -1.49. The Kier molecular flexibility index (Phi) is 6.58. The fraction of sp³-hybridized carbons (Fsp3) is 0.667. The van der Waals surface area contributed by atoms with Crippen molar-refractivity contribution in [3.05, 3.63) is 23.2 Å². The molecule has 0 spiro atoms. The summed E-state index contributed by atoms with van der Waals surface area (Å²) in [7, 11) is 0. The van der Waals surface area contributed by atoms with Gasteiger partial charge in [0.15, 0.2) is 0 Å². The Morgan fingerprint density at radius 1 is 1.45 bits per heavy atom. The van der Waals surface area contributed by atoms with E-state index in [1.54, 1.807) is 4.90 Å². The zero-order valence-electron chi connectivity index (χ0n) is 12.9. The van der Waals surface area contributed by atoms with Crippen LogP contribution in [0.25, 0.3) is 0 Å². The van der Waals surface area contributed by atoms with Gasteiger partial charge in [-0.25, -0.2) is 4.79 Å². The molecule has 1 aromatic rings. The van der Waals surface area contributed by atoms with Crippen molar-refractivity contribution in [1.29, 1.82) is 0 Å². The van der Waals surface area contributed by atoms with Crippen molar-refractivity contribution in [3.63, 3.8) is 0 Å². The zero-order valence-corrected chi connectivity index (χ0v) is 12.9. The lowest BCUT2D eigenvalue weighted by atomic mass is 10.1. The van der Waals surface area contributed by atoms with Crippen LogP contribution in [0, 0.1) is 13.8 Å². The quantitative estimate of drug-likeness (QED) is 0.808. The molecule has 1 unspecified atom stereocenters. The average molecular weight is 282 g/mol. The first-order valence-corrected chi connectivity index (χ1v) is 7.22. The molecule has 0 saturated carbocycles. The number of urea groups is 1. The van der Waals surface area contributed by atoms with Gasteiger partial charge in [-0.05, 0) is 33.3 Å². The Labute approximate surface area is 121 Å². The van der Waals surface area contributed by atoms with Gasteiger partial charge in [0.1, 0.15) is 11.5 Å². The molecule has 20 heavy (non-hydrogen) atoms. The molecule has 1 rings (SSSR count). The summed E-state index contributed by atoms with van der Waals surface area (Å²) in [5.74, 6) is 1.68. The van der Waals surface area contributed by atoms with Crippen molar-refractivity contribution in [2.24, 2.45) is 0 Å². The predicted molar refractivity (Wildman–Crippen MR) is 78.7 cm³/mol. The van der Waals surface area contributed by atoms with Gasteiger partial charge >= 0.3 is 6.03 Å². The van der Waals surface area contributed by atoms with Crippen molar-refractivity contribution in [2.75, 3.05) is 19.7 Å². The maximum atomic E-state index is 12.2. The molecule has 5 heteroatoms. The molecule has 5 nitrogen and oxygen atoms in total. The fourth-order valence-electron chi connectivity index (χ4n) is 2.22. The average Bonchev–Trinajstić information content (AvgIpc) is 2.73. The Bertz CT molecular complexity index is 429. The first-order valence-electron chi connectivity index (χ1n) is 7.22. The summed E-state index contributed by atoms with van der Waals surface area (Å²) in [4.78, 5) is 13.9. The molecule has 0 aliphatic carbocycles. The number of hydrogen-bond donors (Lipinski definition) is 2. The van der Waals surface area contributed by atoms with E-state index in [4.69, 9.17) is 9.52 Å². The molecule has 0 saturated heterocycles. The number of carbonyl (C=O) groups is 1. The molecule has 0 bridgehead atoms. The minimum absolute atomic E-state index is 0.0185. The highest BCUT2D eigenvalue weighted by atomic mass is 16.3. The monoisotopic (exact) mass is 282 g/mol. The van der Waals surface area contributed by atoms with Crippen molar-refractivity contribution >= 4 is 6.03 Å². The standard InChI is InChI=1S/C15H26N2O3/c1-5-6-7-17(8-9-18)15(19)16-12(3)14-10-11(2)20-13(14)4/h10,12,18H,5-9H2,1-4H3,(H,16,19). The molecule has 0 aliphatic heterocycles. The third-order valence-electron chi connectivity index (χ3n) is 3.32. The summed E-state index contributed by atoms with van der Waals surface area (Å²) in [5, 5.41) is 12.0. The number of aryl methyl sites for hydroxylation is 2. The van der Waals surface area contributed by atoms with E-state index in [0.717, 1.165) is 29.9 Å². The summed E-state index contributed by atoms with van der Waals surface area (Å²) in [6.45, 7) is 8.82. The maximum absolute atomic E-state index is 12.2. The molecule has 1 aromatic heterocycles. The number of amides is 2. The number of aliphatic hydroxyl groups excluding tert-OH is 1. The van der Waals surface area contributed by atoms with E-state index in [-0.39, 0.29) is 18.7 Å². The van der Waals surface area contributed by atoms with E-state index in [0.29, 0.717) is 13.1 Å². The van der Waals surface area contributed by atoms with Gasteiger partial charge in [0.2, 0.25) is 0 Å². The lowest BCUT2D eigenvalue weighted by Gasteiger charge is -2.24. The number of unbranched alkanes of at least 4 members (excludes halogenated alkanes) is 1. The van der Waals surface area contributed by atoms with Crippen LogP contribution in [-0.2, 0) is 0 Å². The minimum atomic E-state index is -0.141. The SMILES string of the molecule is CCCCN(CCO)C(=O)NC(C)c1cc(C)oc1C. The number of carbonyl (C=O) groups excluding carboxylic acids is 1. The van der Waals surface area contributed by atoms with Crippen LogP contribution in [0.15, 0.2) is 10.5 Å². The molecule has 1 atom stereocenters. The van der Waals surface area contributed by atoms with Crippen LogP contribution < -0.4 is 5.32 Å².